The summed E-state index contributed by atoms with van der Waals surface area (Å²) in [5, 5.41) is 13.5. The Labute approximate surface area is 156 Å². The van der Waals surface area contributed by atoms with Crippen LogP contribution in [0.15, 0.2) is 11.5 Å². The van der Waals surface area contributed by atoms with Crippen molar-refractivity contribution in [2.24, 2.45) is 5.18 Å². The Hall–Kier alpha value is -2.13. The van der Waals surface area contributed by atoms with Gasteiger partial charge in [-0.15, -0.1) is 0 Å². The summed E-state index contributed by atoms with van der Waals surface area (Å²) < 4.78 is 20.0. The molecule has 26 heavy (non-hydrogen) atoms. The first-order valence-electron chi connectivity index (χ1n) is 7.46. The number of nitrogen functional groups attached to an aromatic ring is 1. The van der Waals surface area contributed by atoms with Crippen LogP contribution in [-0.4, -0.2) is 54.4 Å². The first-order chi connectivity index (χ1) is 12.3. The van der Waals surface area contributed by atoms with Crippen molar-refractivity contribution in [3.05, 3.63) is 15.9 Å². The molecule has 1 aliphatic rings. The van der Waals surface area contributed by atoms with Gasteiger partial charge < -0.3 is 20.6 Å². The minimum Gasteiger partial charge on any atom is -0.387 e. The van der Waals surface area contributed by atoms with Gasteiger partial charge in [-0.2, -0.15) is 4.91 Å². The fourth-order valence-corrected chi connectivity index (χ4v) is 3.44. The first-order valence-corrected chi connectivity index (χ1v) is 8.25. The molecule has 1 fully saturated rings. The van der Waals surface area contributed by atoms with Crippen LogP contribution in [0.25, 0.3) is 11.2 Å². The average Bonchev–Trinajstić information content (AvgIpc) is 3.13. The van der Waals surface area contributed by atoms with E-state index < -0.39 is 36.0 Å². The standard InChI is InChI=1S/C14H14ClFN6O3S/c1-6(21-24)8-9(23)14(15,3-2-4-16)12(25-8)22-5-18-7-10(22)19-13(17)20-11(7)26/h5-6,8-9,12,23H,4H2,1H3,(H3,17,19,20,26)/t6-,8+,9?,12+,14+/m0/s1. The van der Waals surface area contributed by atoms with Gasteiger partial charge in [0.2, 0.25) is 0 Å². The Bertz CT molecular complexity index is 971. The lowest BCUT2D eigenvalue weighted by Gasteiger charge is -2.25. The van der Waals surface area contributed by atoms with E-state index in [0.717, 1.165) is 0 Å². The Kier molecular flexibility index (Phi) is 4.94. The Morgan fingerprint density at radius 3 is 3.12 bits per heavy atom. The van der Waals surface area contributed by atoms with Crippen molar-refractivity contribution in [2.75, 3.05) is 12.4 Å². The lowest BCUT2D eigenvalue weighted by molar-refractivity contribution is -0.0273. The molecule has 0 amide bonds. The summed E-state index contributed by atoms with van der Waals surface area (Å²) in [6.45, 7) is 0.495. The molecule has 1 saturated heterocycles. The summed E-state index contributed by atoms with van der Waals surface area (Å²) >= 11 is 11.7. The van der Waals surface area contributed by atoms with Crippen molar-refractivity contribution >= 4 is 40.9 Å². The fraction of sp³-hybridized carbons (Fsp3) is 0.500. The first kappa shape index (κ1) is 18.7. The largest absolute Gasteiger partial charge is 0.387 e. The van der Waals surface area contributed by atoms with Crippen molar-refractivity contribution in [3.63, 3.8) is 0 Å². The van der Waals surface area contributed by atoms with Gasteiger partial charge in [0, 0.05) is 0 Å². The normalized spacial score (nSPS) is 29.3. The number of nitrogens with two attached hydrogens (primary N) is 1. The van der Waals surface area contributed by atoms with Crippen LogP contribution in [0.1, 0.15) is 13.2 Å². The molecule has 1 unspecified atom stereocenters. The Balaban J connectivity index is 2.18. The van der Waals surface area contributed by atoms with E-state index in [1.165, 1.54) is 17.8 Å². The third-order valence-electron chi connectivity index (χ3n) is 4.09. The smallest absolute Gasteiger partial charge is 0.200 e. The average molecular weight is 401 g/mol. The number of ether oxygens (including phenoxy) is 1. The van der Waals surface area contributed by atoms with E-state index in [1.807, 2.05) is 0 Å². The minimum atomic E-state index is -1.75. The molecule has 5 atom stereocenters. The van der Waals surface area contributed by atoms with E-state index in [4.69, 9.17) is 34.3 Å². The predicted molar refractivity (Wildman–Crippen MR) is 94.6 cm³/mol. The van der Waals surface area contributed by atoms with Crippen molar-refractivity contribution in [1.29, 1.82) is 0 Å². The molecule has 0 aliphatic carbocycles. The summed E-state index contributed by atoms with van der Waals surface area (Å²) in [4.78, 5) is 20.0. The van der Waals surface area contributed by atoms with E-state index in [0.29, 0.717) is 11.2 Å². The number of alkyl halides is 2. The molecule has 0 radical (unpaired) electrons. The fourth-order valence-electron chi connectivity index (χ4n) is 2.85. The van der Waals surface area contributed by atoms with Crippen LogP contribution in [0.2, 0.25) is 0 Å². The topological polar surface area (TPSA) is 131 Å². The highest BCUT2D eigenvalue weighted by molar-refractivity contribution is 7.71. The summed E-state index contributed by atoms with van der Waals surface area (Å²) in [5.74, 6) is 4.73. The molecule has 3 heterocycles. The number of fused-ring (bicyclic) bond motifs is 1. The minimum absolute atomic E-state index is 0.0392. The molecule has 2 aromatic heterocycles. The number of nitrogens with one attached hydrogen (secondary N) is 1. The molecule has 138 valence electrons. The number of H-pyrrole nitrogens is 1. The molecular weight excluding hydrogens is 387 g/mol. The number of nitroso groups, excluding NO2 is 1. The van der Waals surface area contributed by atoms with Crippen molar-refractivity contribution in [1.82, 2.24) is 19.5 Å². The summed E-state index contributed by atoms with van der Waals surface area (Å²) in [7, 11) is 0. The quantitative estimate of drug-likeness (QED) is 0.307. The van der Waals surface area contributed by atoms with Crippen LogP contribution < -0.4 is 5.73 Å². The molecular formula is C14H14ClFN6O3S. The third kappa shape index (κ3) is 2.84. The zero-order valence-electron chi connectivity index (χ0n) is 13.4. The molecule has 0 bridgehead atoms. The van der Waals surface area contributed by atoms with Gasteiger partial charge >= 0.3 is 0 Å². The molecule has 4 N–H and O–H groups in total. The second-order valence-electron chi connectivity index (χ2n) is 5.72. The summed E-state index contributed by atoms with van der Waals surface area (Å²) in [6.07, 6.45) is -2.24. The highest BCUT2D eigenvalue weighted by Gasteiger charge is 2.57. The SMILES string of the molecule is C[C@H](N=O)[C@H]1O[C@@H](n2cnc3c(=S)nc(N)[nH]c32)[C@@](Cl)(C#CCF)C1O. The zero-order valence-corrected chi connectivity index (χ0v) is 15.0. The van der Waals surface area contributed by atoms with Crippen molar-refractivity contribution in [2.45, 2.75) is 36.3 Å². The van der Waals surface area contributed by atoms with Crippen LogP contribution >= 0.6 is 23.8 Å². The molecule has 1 aliphatic heterocycles. The van der Waals surface area contributed by atoms with Crippen LogP contribution in [0, 0.1) is 21.4 Å². The second-order valence-corrected chi connectivity index (χ2v) is 6.74. The number of aromatic amines is 1. The van der Waals surface area contributed by atoms with Gasteiger partial charge in [0.25, 0.3) is 0 Å². The van der Waals surface area contributed by atoms with E-state index in [2.05, 4.69) is 32.0 Å². The van der Waals surface area contributed by atoms with Crippen LogP contribution in [-0.2, 0) is 4.74 Å². The van der Waals surface area contributed by atoms with E-state index in [1.54, 1.807) is 0 Å². The maximum absolute atomic E-state index is 12.6. The van der Waals surface area contributed by atoms with E-state index in [-0.39, 0.29) is 10.6 Å². The van der Waals surface area contributed by atoms with Gasteiger partial charge in [0.1, 0.15) is 36.1 Å². The van der Waals surface area contributed by atoms with Gasteiger partial charge in [-0.25, -0.2) is 14.4 Å². The van der Waals surface area contributed by atoms with Crippen LogP contribution in [0.3, 0.4) is 0 Å². The van der Waals surface area contributed by atoms with Crippen molar-refractivity contribution in [3.8, 4) is 11.8 Å². The molecule has 3 rings (SSSR count). The van der Waals surface area contributed by atoms with E-state index in [9.17, 15) is 14.4 Å². The molecule has 0 saturated carbocycles. The molecule has 0 aromatic carbocycles. The van der Waals surface area contributed by atoms with Gasteiger partial charge in [-0.3, -0.25) is 4.57 Å². The summed E-state index contributed by atoms with van der Waals surface area (Å²) in [5.41, 5.74) is 6.35. The maximum atomic E-state index is 12.6. The van der Waals surface area contributed by atoms with Gasteiger partial charge in [-0.1, -0.05) is 40.8 Å². The number of aliphatic hydroxyl groups excluding tert-OH is 1. The number of imidazole rings is 1. The van der Waals surface area contributed by atoms with Crippen LogP contribution in [0.5, 0.6) is 0 Å². The Morgan fingerprint density at radius 1 is 1.73 bits per heavy atom. The molecule has 12 heteroatoms. The van der Waals surface area contributed by atoms with Gasteiger partial charge in [0.05, 0.1) is 6.33 Å². The van der Waals surface area contributed by atoms with Gasteiger partial charge in [0.15, 0.2) is 21.7 Å². The highest BCUT2D eigenvalue weighted by atomic mass is 35.5. The van der Waals surface area contributed by atoms with E-state index >= 15 is 0 Å². The highest BCUT2D eigenvalue weighted by Crippen LogP contribution is 2.45. The predicted octanol–water partition coefficient (Wildman–Crippen LogP) is 1.43. The number of halogens is 2. The van der Waals surface area contributed by atoms with Crippen molar-refractivity contribution < 1.29 is 14.2 Å². The molecule has 9 nitrogen and oxygen atoms in total. The number of hydrogen-bond acceptors (Lipinski definition) is 8. The van der Waals surface area contributed by atoms with Crippen LogP contribution in [0.4, 0.5) is 10.3 Å². The number of nitrogens with zero attached hydrogens (tertiary/aromatic N) is 4. The van der Waals surface area contributed by atoms with Gasteiger partial charge in [-0.05, 0) is 6.92 Å². The Morgan fingerprint density at radius 2 is 2.46 bits per heavy atom. The number of hydrogen-bond donors (Lipinski definition) is 3. The number of anilines is 1. The maximum Gasteiger partial charge on any atom is 0.200 e. The molecule has 0 spiro atoms. The summed E-state index contributed by atoms with van der Waals surface area (Å²) in [6, 6.07) is -0.916. The number of aromatic nitrogens is 4. The monoisotopic (exact) mass is 400 g/mol. The zero-order chi connectivity index (χ0) is 19.1. The lowest BCUT2D eigenvalue weighted by atomic mass is 9.96. The second kappa shape index (κ2) is 6.88. The molecule has 2 aromatic rings. The third-order valence-corrected chi connectivity index (χ3v) is 4.88. The number of rotatable bonds is 3. The lowest BCUT2D eigenvalue weighted by Crippen LogP contribution is -2.42. The number of aliphatic hydroxyl groups is 1.